The van der Waals surface area contributed by atoms with Gasteiger partial charge >= 0.3 is 5.97 Å². The highest BCUT2D eigenvalue weighted by atomic mass is 35.5. The van der Waals surface area contributed by atoms with Crippen LogP contribution in [0.5, 0.6) is 0 Å². The fourth-order valence-electron chi connectivity index (χ4n) is 1.86. The first kappa shape index (κ1) is 19.4. The minimum Gasteiger partial charge on any atom is -0.502 e. The van der Waals surface area contributed by atoms with E-state index in [4.69, 9.17) is 21.8 Å². The second-order valence-corrected chi connectivity index (χ2v) is 7.05. The molecule has 0 saturated heterocycles. The molecule has 0 atom stereocenters. The van der Waals surface area contributed by atoms with Crippen LogP contribution in [-0.4, -0.2) is 30.4 Å². The maximum atomic E-state index is 13.2. The SMILES string of the molecule is O=C(O)/C(O)=C\C(=O)c1cccc(NS(=O)(=O)c2ccc(F)c(Cl)c2)c1. The maximum Gasteiger partial charge on any atom is 0.371 e. The topological polar surface area (TPSA) is 121 Å². The zero-order valence-corrected chi connectivity index (χ0v) is 14.4. The second-order valence-electron chi connectivity index (χ2n) is 4.96. The Hall–Kier alpha value is -2.91. The standard InChI is InChI=1S/C16H11ClFNO6S/c17-12-7-11(4-5-13(12)18)26(24,25)19-10-3-1-2-9(6-10)14(20)8-15(21)16(22)23/h1-8,19,21H,(H,22,23)/b15-8+. The van der Waals surface area contributed by atoms with Crippen molar-refractivity contribution in [3.05, 3.63) is 70.7 Å². The van der Waals surface area contributed by atoms with Crippen LogP contribution in [0.15, 0.2) is 59.2 Å². The van der Waals surface area contributed by atoms with Crippen LogP contribution in [-0.2, 0) is 14.8 Å². The van der Waals surface area contributed by atoms with Gasteiger partial charge in [0, 0.05) is 17.3 Å². The highest BCUT2D eigenvalue weighted by Crippen LogP contribution is 2.22. The van der Waals surface area contributed by atoms with Gasteiger partial charge in [0.25, 0.3) is 10.0 Å². The molecule has 26 heavy (non-hydrogen) atoms. The van der Waals surface area contributed by atoms with E-state index in [0.717, 1.165) is 24.3 Å². The van der Waals surface area contributed by atoms with Crippen LogP contribution in [0.1, 0.15) is 10.4 Å². The molecule has 3 N–H and O–H groups in total. The average Bonchev–Trinajstić information content (AvgIpc) is 2.56. The lowest BCUT2D eigenvalue weighted by molar-refractivity contribution is -0.135. The molecule has 0 aliphatic heterocycles. The molecule has 0 spiro atoms. The molecule has 136 valence electrons. The van der Waals surface area contributed by atoms with Crippen LogP contribution in [0, 0.1) is 5.82 Å². The minimum atomic E-state index is -4.10. The number of ketones is 1. The van der Waals surface area contributed by atoms with Gasteiger partial charge in [-0.3, -0.25) is 9.52 Å². The number of aliphatic carboxylic acids is 1. The van der Waals surface area contributed by atoms with E-state index >= 15 is 0 Å². The number of benzene rings is 2. The highest BCUT2D eigenvalue weighted by Gasteiger charge is 2.17. The molecule has 0 heterocycles. The first-order chi connectivity index (χ1) is 12.1. The molecule has 2 aromatic carbocycles. The van der Waals surface area contributed by atoms with Crippen molar-refractivity contribution < 1.29 is 32.6 Å². The van der Waals surface area contributed by atoms with Gasteiger partial charge in [0.05, 0.1) is 9.92 Å². The number of hydrogen-bond donors (Lipinski definition) is 3. The summed E-state index contributed by atoms with van der Waals surface area (Å²) in [4.78, 5) is 22.1. The summed E-state index contributed by atoms with van der Waals surface area (Å²) in [5.41, 5.74) is -0.0605. The van der Waals surface area contributed by atoms with Crippen LogP contribution in [0.2, 0.25) is 5.02 Å². The Labute approximate surface area is 152 Å². The molecule has 0 amide bonds. The third-order valence-corrected chi connectivity index (χ3v) is 4.76. The zero-order chi connectivity index (χ0) is 19.5. The monoisotopic (exact) mass is 399 g/mol. The number of carboxylic acid groups (broad SMARTS) is 1. The minimum absolute atomic E-state index is 0.000452. The van der Waals surface area contributed by atoms with Gasteiger partial charge in [-0.05, 0) is 30.3 Å². The van der Waals surface area contributed by atoms with E-state index < -0.39 is 33.4 Å². The molecule has 0 aromatic heterocycles. The van der Waals surface area contributed by atoms with Gasteiger partial charge in [-0.15, -0.1) is 0 Å². The number of aliphatic hydroxyl groups is 1. The number of nitrogens with one attached hydrogen (secondary N) is 1. The molecule has 0 radical (unpaired) electrons. The number of aliphatic hydroxyl groups excluding tert-OH is 1. The van der Waals surface area contributed by atoms with Gasteiger partial charge in [-0.1, -0.05) is 23.7 Å². The van der Waals surface area contributed by atoms with Crippen molar-refractivity contribution in [3.63, 3.8) is 0 Å². The smallest absolute Gasteiger partial charge is 0.371 e. The number of hydrogen-bond acceptors (Lipinski definition) is 5. The number of sulfonamides is 1. The van der Waals surface area contributed by atoms with Gasteiger partial charge in [-0.2, -0.15) is 0 Å². The van der Waals surface area contributed by atoms with Gasteiger partial charge in [-0.25, -0.2) is 17.6 Å². The number of rotatable bonds is 6. The first-order valence-corrected chi connectivity index (χ1v) is 8.72. The summed E-state index contributed by atoms with van der Waals surface area (Å²) >= 11 is 5.57. The predicted molar refractivity (Wildman–Crippen MR) is 91.3 cm³/mol. The van der Waals surface area contributed by atoms with Crippen molar-refractivity contribution >= 4 is 39.1 Å². The average molecular weight is 400 g/mol. The van der Waals surface area contributed by atoms with E-state index in [1.54, 1.807) is 0 Å². The van der Waals surface area contributed by atoms with Gasteiger partial charge in [0.2, 0.25) is 5.76 Å². The van der Waals surface area contributed by atoms with E-state index in [1.807, 2.05) is 0 Å². The van der Waals surface area contributed by atoms with Crippen molar-refractivity contribution in [2.24, 2.45) is 0 Å². The second kappa shape index (κ2) is 7.54. The van der Waals surface area contributed by atoms with Gasteiger partial charge in [0.1, 0.15) is 5.82 Å². The molecule has 0 saturated carbocycles. The molecular formula is C16H11ClFNO6S. The van der Waals surface area contributed by atoms with Crippen molar-refractivity contribution in [2.75, 3.05) is 4.72 Å². The van der Waals surface area contributed by atoms with Crippen molar-refractivity contribution in [1.29, 1.82) is 0 Å². The Balaban J connectivity index is 2.30. The highest BCUT2D eigenvalue weighted by molar-refractivity contribution is 7.92. The molecule has 2 aromatic rings. The number of allylic oxidation sites excluding steroid dienone is 1. The van der Waals surface area contributed by atoms with Gasteiger partial charge < -0.3 is 10.2 Å². The summed E-state index contributed by atoms with van der Waals surface area (Å²) in [7, 11) is -4.10. The lowest BCUT2D eigenvalue weighted by atomic mass is 10.1. The van der Waals surface area contributed by atoms with Crippen molar-refractivity contribution in [2.45, 2.75) is 4.90 Å². The van der Waals surface area contributed by atoms with Gasteiger partial charge in [0.15, 0.2) is 5.78 Å². The molecule has 0 aliphatic carbocycles. The third kappa shape index (κ3) is 4.58. The van der Waals surface area contributed by atoms with Crippen molar-refractivity contribution in [3.8, 4) is 0 Å². The third-order valence-electron chi connectivity index (χ3n) is 3.09. The fourth-order valence-corrected chi connectivity index (χ4v) is 3.18. The molecule has 0 bridgehead atoms. The summed E-state index contributed by atoms with van der Waals surface area (Å²) < 4.78 is 40.0. The number of halogens is 2. The van der Waals surface area contributed by atoms with Crippen LogP contribution in [0.3, 0.4) is 0 Å². The summed E-state index contributed by atoms with van der Waals surface area (Å²) in [6, 6.07) is 8.01. The molecule has 7 nitrogen and oxygen atoms in total. The molecule has 10 heteroatoms. The summed E-state index contributed by atoms with van der Waals surface area (Å²) in [5.74, 6) is -4.44. The van der Waals surface area contributed by atoms with Crippen LogP contribution in [0.4, 0.5) is 10.1 Å². The fraction of sp³-hybridized carbons (Fsp3) is 0. The van der Waals surface area contributed by atoms with Crippen LogP contribution < -0.4 is 4.72 Å². The zero-order valence-electron chi connectivity index (χ0n) is 12.8. The quantitative estimate of drug-likeness (QED) is 0.390. The van der Waals surface area contributed by atoms with Crippen molar-refractivity contribution in [1.82, 2.24) is 0 Å². The first-order valence-electron chi connectivity index (χ1n) is 6.86. The normalized spacial score (nSPS) is 11.8. The molecule has 0 unspecified atom stereocenters. The lowest BCUT2D eigenvalue weighted by Gasteiger charge is -2.09. The summed E-state index contributed by atoms with van der Waals surface area (Å²) in [6.45, 7) is 0. The Morgan fingerprint density at radius 2 is 1.81 bits per heavy atom. The van der Waals surface area contributed by atoms with E-state index in [0.29, 0.717) is 6.08 Å². The molecule has 0 aliphatic rings. The number of carbonyl (C=O) groups excluding carboxylic acids is 1. The summed E-state index contributed by atoms with van der Waals surface area (Å²) in [5, 5.41) is 17.3. The maximum absolute atomic E-state index is 13.2. The van der Waals surface area contributed by atoms with E-state index in [9.17, 15) is 22.4 Å². The largest absolute Gasteiger partial charge is 0.502 e. The summed E-state index contributed by atoms with van der Waals surface area (Å²) in [6.07, 6.45) is 0.496. The van der Waals surface area contributed by atoms with E-state index in [-0.39, 0.29) is 21.2 Å². The molecular weight excluding hydrogens is 389 g/mol. The number of carbonyl (C=O) groups is 2. The predicted octanol–water partition coefficient (Wildman–Crippen LogP) is 2.99. The Morgan fingerprint density at radius 3 is 2.42 bits per heavy atom. The van der Waals surface area contributed by atoms with E-state index in [1.165, 1.54) is 18.2 Å². The van der Waals surface area contributed by atoms with E-state index in [2.05, 4.69) is 4.72 Å². The van der Waals surface area contributed by atoms with Crippen LogP contribution in [0.25, 0.3) is 0 Å². The Kier molecular flexibility index (Phi) is 5.63. The van der Waals surface area contributed by atoms with Crippen LogP contribution >= 0.6 is 11.6 Å². The lowest BCUT2D eigenvalue weighted by Crippen LogP contribution is -2.13. The number of carboxylic acids is 1. The number of anilines is 1. The molecule has 2 rings (SSSR count). The molecule has 0 fully saturated rings. The Morgan fingerprint density at radius 1 is 1.12 bits per heavy atom. The Bertz CT molecular complexity index is 1020.